The number of aromatic nitrogens is 7. The lowest BCUT2D eigenvalue weighted by Gasteiger charge is -2.09. The summed E-state index contributed by atoms with van der Waals surface area (Å²) in [6, 6.07) is 3.93. The van der Waals surface area contributed by atoms with E-state index in [2.05, 4.69) is 30.5 Å². The summed E-state index contributed by atoms with van der Waals surface area (Å²) in [6.45, 7) is 5.21. The SMILES string of the molecule is Cc1nn(-c2cc(Nc3c(C)c(-c4ccc(C(F)(F)F)nc4)nn3C)ncn2)c(C)c1O. The Labute approximate surface area is 180 Å². The Bertz CT molecular complexity index is 1290. The van der Waals surface area contributed by atoms with E-state index in [0.29, 0.717) is 45.7 Å². The molecule has 4 aromatic rings. The van der Waals surface area contributed by atoms with E-state index in [9.17, 15) is 18.3 Å². The van der Waals surface area contributed by atoms with E-state index in [0.717, 1.165) is 12.3 Å². The van der Waals surface area contributed by atoms with Gasteiger partial charge in [-0.15, -0.1) is 0 Å². The number of rotatable bonds is 4. The monoisotopic (exact) mass is 444 g/mol. The first-order valence-electron chi connectivity index (χ1n) is 9.48. The topological polar surface area (TPSA) is 107 Å². The molecule has 0 aromatic carbocycles. The summed E-state index contributed by atoms with van der Waals surface area (Å²) in [5, 5.41) is 21.9. The maximum atomic E-state index is 12.8. The molecule has 0 aliphatic heterocycles. The maximum absolute atomic E-state index is 12.8. The van der Waals surface area contributed by atoms with Gasteiger partial charge in [0.2, 0.25) is 0 Å². The van der Waals surface area contributed by atoms with Crippen LogP contribution < -0.4 is 5.32 Å². The van der Waals surface area contributed by atoms with Crippen LogP contribution in [0.15, 0.2) is 30.7 Å². The van der Waals surface area contributed by atoms with Crippen LogP contribution in [0.5, 0.6) is 5.75 Å². The van der Waals surface area contributed by atoms with E-state index in [-0.39, 0.29) is 5.75 Å². The van der Waals surface area contributed by atoms with Crippen LogP contribution in [-0.4, -0.2) is 39.6 Å². The normalized spacial score (nSPS) is 11.7. The molecule has 166 valence electrons. The van der Waals surface area contributed by atoms with Crippen molar-refractivity contribution in [2.75, 3.05) is 5.32 Å². The van der Waals surface area contributed by atoms with E-state index >= 15 is 0 Å². The first-order valence-corrected chi connectivity index (χ1v) is 9.48. The highest BCUT2D eigenvalue weighted by molar-refractivity contribution is 5.71. The van der Waals surface area contributed by atoms with Gasteiger partial charge in [-0.3, -0.25) is 9.67 Å². The fourth-order valence-electron chi connectivity index (χ4n) is 3.29. The highest BCUT2D eigenvalue weighted by Crippen LogP contribution is 2.32. The van der Waals surface area contributed by atoms with Gasteiger partial charge in [0.25, 0.3) is 0 Å². The number of halogens is 3. The van der Waals surface area contributed by atoms with E-state index in [4.69, 9.17) is 0 Å². The second-order valence-electron chi connectivity index (χ2n) is 7.19. The van der Waals surface area contributed by atoms with Crippen molar-refractivity contribution < 1.29 is 18.3 Å². The Morgan fingerprint density at radius 3 is 2.38 bits per heavy atom. The van der Waals surface area contributed by atoms with Crippen molar-refractivity contribution in [2.24, 2.45) is 7.05 Å². The van der Waals surface area contributed by atoms with Crippen molar-refractivity contribution in [2.45, 2.75) is 26.9 Å². The molecule has 0 spiro atoms. The van der Waals surface area contributed by atoms with E-state index in [1.807, 2.05) is 0 Å². The minimum absolute atomic E-state index is 0.0930. The molecule has 2 N–H and O–H groups in total. The predicted octanol–water partition coefficient (Wildman–Crippen LogP) is 3.85. The molecular weight excluding hydrogens is 425 g/mol. The van der Waals surface area contributed by atoms with Gasteiger partial charge in [0, 0.05) is 30.4 Å². The van der Waals surface area contributed by atoms with Crippen LogP contribution in [-0.2, 0) is 13.2 Å². The highest BCUT2D eigenvalue weighted by atomic mass is 19.4. The molecule has 0 aliphatic rings. The molecule has 0 amide bonds. The van der Waals surface area contributed by atoms with E-state index < -0.39 is 11.9 Å². The van der Waals surface area contributed by atoms with Crippen molar-refractivity contribution >= 4 is 11.6 Å². The summed E-state index contributed by atoms with van der Waals surface area (Å²) in [5.41, 5.74) is 1.72. The van der Waals surface area contributed by atoms with Gasteiger partial charge >= 0.3 is 6.18 Å². The van der Waals surface area contributed by atoms with Crippen LogP contribution in [0.4, 0.5) is 24.8 Å². The molecule has 12 heteroatoms. The van der Waals surface area contributed by atoms with Gasteiger partial charge in [0.15, 0.2) is 11.6 Å². The number of nitrogens with one attached hydrogen (secondary N) is 1. The van der Waals surface area contributed by atoms with Gasteiger partial charge in [0.05, 0.1) is 11.4 Å². The maximum Gasteiger partial charge on any atom is 0.433 e. The van der Waals surface area contributed by atoms with Crippen LogP contribution >= 0.6 is 0 Å². The third-order valence-electron chi connectivity index (χ3n) is 4.98. The Morgan fingerprint density at radius 1 is 1.03 bits per heavy atom. The molecule has 4 rings (SSSR count). The summed E-state index contributed by atoms with van der Waals surface area (Å²) in [6.07, 6.45) is -1.99. The van der Waals surface area contributed by atoms with Gasteiger partial charge in [-0.1, -0.05) is 0 Å². The number of hydrogen-bond acceptors (Lipinski definition) is 7. The molecule has 0 aliphatic carbocycles. The number of nitrogens with zero attached hydrogens (tertiary/aromatic N) is 7. The number of aryl methyl sites for hydroxylation is 2. The molecule has 4 heterocycles. The Hall–Kier alpha value is -3.96. The number of pyridine rings is 1. The van der Waals surface area contributed by atoms with Crippen molar-refractivity contribution in [1.82, 2.24) is 34.5 Å². The fourth-order valence-corrected chi connectivity index (χ4v) is 3.29. The van der Waals surface area contributed by atoms with Crippen molar-refractivity contribution in [3.05, 3.63) is 53.4 Å². The minimum Gasteiger partial charge on any atom is -0.504 e. The van der Waals surface area contributed by atoms with Crippen molar-refractivity contribution in [3.8, 4) is 22.8 Å². The quantitative estimate of drug-likeness (QED) is 0.492. The lowest BCUT2D eigenvalue weighted by Crippen LogP contribution is -2.07. The Kier molecular flexibility index (Phi) is 5.07. The second-order valence-corrected chi connectivity index (χ2v) is 7.19. The summed E-state index contributed by atoms with van der Waals surface area (Å²) in [7, 11) is 1.71. The molecule has 0 radical (unpaired) electrons. The fraction of sp³-hybridized carbons (Fsp3) is 0.250. The summed E-state index contributed by atoms with van der Waals surface area (Å²) >= 11 is 0. The van der Waals surface area contributed by atoms with Crippen molar-refractivity contribution in [3.63, 3.8) is 0 Å². The molecule has 0 unspecified atom stereocenters. The molecule has 32 heavy (non-hydrogen) atoms. The van der Waals surface area contributed by atoms with Gasteiger partial charge < -0.3 is 10.4 Å². The summed E-state index contributed by atoms with van der Waals surface area (Å²) in [4.78, 5) is 11.9. The third kappa shape index (κ3) is 3.74. The van der Waals surface area contributed by atoms with Gasteiger partial charge in [0.1, 0.15) is 29.4 Å². The second kappa shape index (κ2) is 7.62. The zero-order chi connectivity index (χ0) is 23.2. The van der Waals surface area contributed by atoms with Gasteiger partial charge in [-0.25, -0.2) is 14.6 Å². The summed E-state index contributed by atoms with van der Waals surface area (Å²) < 4.78 is 41.4. The zero-order valence-electron chi connectivity index (χ0n) is 17.6. The smallest absolute Gasteiger partial charge is 0.433 e. The Balaban J connectivity index is 1.65. The third-order valence-corrected chi connectivity index (χ3v) is 4.98. The molecule has 0 fully saturated rings. The average molecular weight is 444 g/mol. The first kappa shape index (κ1) is 21.3. The van der Waals surface area contributed by atoms with Gasteiger partial charge in [-0.05, 0) is 32.9 Å². The lowest BCUT2D eigenvalue weighted by atomic mass is 10.1. The van der Waals surface area contributed by atoms with Gasteiger partial charge in [-0.2, -0.15) is 23.4 Å². The highest BCUT2D eigenvalue weighted by Gasteiger charge is 2.32. The van der Waals surface area contributed by atoms with E-state index in [1.54, 1.807) is 38.6 Å². The molecular formula is C20H19F3N8O. The van der Waals surface area contributed by atoms with Crippen LogP contribution in [0.25, 0.3) is 17.1 Å². The van der Waals surface area contributed by atoms with Crippen LogP contribution in [0.3, 0.4) is 0 Å². The Morgan fingerprint density at radius 2 is 1.78 bits per heavy atom. The standard InChI is InChI=1S/C20H19F3N8O/c1-10-17(13-5-6-14(24-8-13)20(21,22)23)29-30(4)19(10)27-15-7-16(26-9-25-15)31-12(3)18(32)11(2)28-31/h5-9,32H,1-4H3,(H,25,26,27). The average Bonchev–Trinajstić information content (AvgIpc) is 3.18. The van der Waals surface area contributed by atoms with Crippen molar-refractivity contribution in [1.29, 1.82) is 0 Å². The molecule has 0 saturated carbocycles. The molecule has 0 bridgehead atoms. The molecule has 9 nitrogen and oxygen atoms in total. The van der Waals surface area contributed by atoms with Crippen LogP contribution in [0, 0.1) is 20.8 Å². The molecule has 0 saturated heterocycles. The number of anilines is 2. The molecule has 0 atom stereocenters. The predicted molar refractivity (Wildman–Crippen MR) is 110 cm³/mol. The lowest BCUT2D eigenvalue weighted by molar-refractivity contribution is -0.141. The minimum atomic E-state index is -4.50. The summed E-state index contributed by atoms with van der Waals surface area (Å²) in [5.74, 6) is 1.59. The first-order chi connectivity index (χ1) is 15.1. The van der Waals surface area contributed by atoms with Crippen LogP contribution in [0.2, 0.25) is 0 Å². The molecule has 4 aromatic heterocycles. The zero-order valence-corrected chi connectivity index (χ0v) is 17.6. The largest absolute Gasteiger partial charge is 0.504 e. The number of alkyl halides is 3. The van der Waals surface area contributed by atoms with Crippen LogP contribution in [0.1, 0.15) is 22.6 Å². The number of aromatic hydroxyl groups is 1. The van der Waals surface area contributed by atoms with E-state index in [1.165, 1.54) is 17.1 Å². The number of hydrogen-bond donors (Lipinski definition) is 2.